The highest BCUT2D eigenvalue weighted by atomic mass is 35.5. The molecule has 0 aliphatic heterocycles. The Balaban J connectivity index is 1.55. The average molecular weight is 363 g/mol. The summed E-state index contributed by atoms with van der Waals surface area (Å²) in [5.74, 6) is 0.727. The van der Waals surface area contributed by atoms with Gasteiger partial charge in [0, 0.05) is 16.8 Å². The van der Waals surface area contributed by atoms with E-state index < -0.39 is 0 Å². The van der Waals surface area contributed by atoms with E-state index >= 15 is 0 Å². The van der Waals surface area contributed by atoms with Crippen LogP contribution in [0.5, 0.6) is 0 Å². The highest BCUT2D eigenvalue weighted by molar-refractivity contribution is 7.16. The smallest absolute Gasteiger partial charge is 0.234 e. The molecule has 3 aromatic rings. The second kappa shape index (κ2) is 7.38. The van der Waals surface area contributed by atoms with Crippen molar-refractivity contribution in [1.29, 1.82) is 0 Å². The molecule has 1 amide bonds. The number of amides is 1. The Labute approximate surface area is 150 Å². The number of thiophene rings is 1. The lowest BCUT2D eigenvalue weighted by atomic mass is 10.2. The summed E-state index contributed by atoms with van der Waals surface area (Å²) in [6, 6.07) is 13.5. The molecular formula is C18H19ClN2O2S. The number of benzene rings is 1. The summed E-state index contributed by atoms with van der Waals surface area (Å²) >= 11 is 7.46. The first-order valence-corrected chi connectivity index (χ1v) is 8.91. The van der Waals surface area contributed by atoms with Crippen LogP contribution in [0.1, 0.15) is 23.6 Å². The van der Waals surface area contributed by atoms with Crippen LogP contribution in [0.15, 0.2) is 46.9 Å². The van der Waals surface area contributed by atoms with Gasteiger partial charge < -0.3 is 9.73 Å². The maximum Gasteiger partial charge on any atom is 0.234 e. The molecule has 1 atom stereocenters. The molecule has 126 valence electrons. The van der Waals surface area contributed by atoms with Crippen LogP contribution in [0.4, 0.5) is 0 Å². The van der Waals surface area contributed by atoms with E-state index in [1.807, 2.05) is 61.3 Å². The number of hydrogen-bond donors (Lipinski definition) is 1. The number of carbonyl (C=O) groups excluding carboxylic acids is 1. The number of likely N-dealkylation sites (N-methyl/N-ethyl adjacent to an activating group) is 1. The topological polar surface area (TPSA) is 45.5 Å². The van der Waals surface area contributed by atoms with Crippen molar-refractivity contribution in [2.75, 3.05) is 13.6 Å². The van der Waals surface area contributed by atoms with Gasteiger partial charge >= 0.3 is 0 Å². The Kier molecular flexibility index (Phi) is 5.23. The molecule has 4 nitrogen and oxygen atoms in total. The number of hydrogen-bond acceptors (Lipinski definition) is 4. The minimum Gasteiger partial charge on any atom is -0.459 e. The summed E-state index contributed by atoms with van der Waals surface area (Å²) in [7, 11) is 1.92. The number of nitrogens with zero attached hydrogens (tertiary/aromatic N) is 1. The van der Waals surface area contributed by atoms with E-state index in [4.69, 9.17) is 16.0 Å². The van der Waals surface area contributed by atoms with Crippen molar-refractivity contribution in [3.63, 3.8) is 0 Å². The van der Waals surface area contributed by atoms with Crippen molar-refractivity contribution in [3.05, 3.63) is 57.4 Å². The Morgan fingerprint density at radius 2 is 2.12 bits per heavy atom. The fourth-order valence-corrected chi connectivity index (χ4v) is 3.75. The van der Waals surface area contributed by atoms with Gasteiger partial charge in [0.25, 0.3) is 0 Å². The van der Waals surface area contributed by atoms with Gasteiger partial charge in [0.15, 0.2) is 0 Å². The zero-order valence-corrected chi connectivity index (χ0v) is 15.2. The molecule has 0 bridgehead atoms. The van der Waals surface area contributed by atoms with Crippen molar-refractivity contribution < 1.29 is 9.21 Å². The van der Waals surface area contributed by atoms with Crippen LogP contribution < -0.4 is 5.32 Å². The molecule has 0 saturated carbocycles. The zero-order valence-electron chi connectivity index (χ0n) is 13.6. The standard InChI is InChI=1S/C18H19ClN2O2S/c1-12(16-9-13-5-3-4-6-15(13)23-16)20-18(22)11-21(2)10-14-7-8-17(19)24-14/h3-9,12H,10-11H2,1-2H3,(H,20,22). The van der Waals surface area contributed by atoms with E-state index in [0.29, 0.717) is 13.1 Å². The van der Waals surface area contributed by atoms with Gasteiger partial charge in [0.05, 0.1) is 16.9 Å². The van der Waals surface area contributed by atoms with Crippen LogP contribution in [0.25, 0.3) is 11.0 Å². The van der Waals surface area contributed by atoms with Crippen LogP contribution in [0.2, 0.25) is 4.34 Å². The molecule has 1 aromatic carbocycles. The lowest BCUT2D eigenvalue weighted by Gasteiger charge is -2.17. The first-order chi connectivity index (χ1) is 11.5. The Morgan fingerprint density at radius 3 is 2.83 bits per heavy atom. The third-order valence-electron chi connectivity index (χ3n) is 3.72. The van der Waals surface area contributed by atoms with Gasteiger partial charge in [-0.1, -0.05) is 29.8 Å². The molecule has 1 unspecified atom stereocenters. The van der Waals surface area contributed by atoms with Crippen LogP contribution in [0.3, 0.4) is 0 Å². The van der Waals surface area contributed by atoms with Crippen molar-refractivity contribution in [3.8, 4) is 0 Å². The number of nitrogens with one attached hydrogen (secondary N) is 1. The molecule has 0 fully saturated rings. The van der Waals surface area contributed by atoms with Crippen molar-refractivity contribution in [2.24, 2.45) is 0 Å². The Morgan fingerprint density at radius 1 is 1.33 bits per heavy atom. The second-order valence-corrected chi connectivity index (χ2v) is 7.65. The summed E-state index contributed by atoms with van der Waals surface area (Å²) in [6.07, 6.45) is 0. The third-order valence-corrected chi connectivity index (χ3v) is 4.93. The molecule has 6 heteroatoms. The molecule has 24 heavy (non-hydrogen) atoms. The largest absolute Gasteiger partial charge is 0.459 e. The Bertz CT molecular complexity index is 809. The van der Waals surface area contributed by atoms with E-state index in [-0.39, 0.29) is 11.9 Å². The first-order valence-electron chi connectivity index (χ1n) is 7.72. The monoisotopic (exact) mass is 362 g/mol. The van der Waals surface area contributed by atoms with E-state index in [1.54, 1.807) is 0 Å². The van der Waals surface area contributed by atoms with Crippen LogP contribution in [0, 0.1) is 0 Å². The van der Waals surface area contributed by atoms with Gasteiger partial charge in [-0.2, -0.15) is 0 Å². The predicted molar refractivity (Wildman–Crippen MR) is 98.4 cm³/mol. The van der Waals surface area contributed by atoms with Gasteiger partial charge in [-0.3, -0.25) is 9.69 Å². The fraction of sp³-hybridized carbons (Fsp3) is 0.278. The molecular weight excluding hydrogens is 344 g/mol. The normalized spacial score (nSPS) is 12.7. The van der Waals surface area contributed by atoms with Crippen molar-refractivity contribution >= 4 is 39.8 Å². The van der Waals surface area contributed by atoms with E-state index in [2.05, 4.69) is 5.32 Å². The lowest BCUT2D eigenvalue weighted by Crippen LogP contribution is -2.36. The van der Waals surface area contributed by atoms with Crippen LogP contribution in [-0.4, -0.2) is 24.4 Å². The zero-order chi connectivity index (χ0) is 17.1. The number of halogens is 1. The molecule has 2 aromatic heterocycles. The lowest BCUT2D eigenvalue weighted by molar-refractivity contribution is -0.122. The molecule has 1 N–H and O–H groups in total. The van der Waals surface area contributed by atoms with E-state index in [1.165, 1.54) is 11.3 Å². The van der Waals surface area contributed by atoms with E-state index in [0.717, 1.165) is 25.9 Å². The number of para-hydroxylation sites is 1. The van der Waals surface area contributed by atoms with Gasteiger partial charge in [-0.05, 0) is 38.2 Å². The summed E-state index contributed by atoms with van der Waals surface area (Å²) in [5.41, 5.74) is 0.834. The molecule has 3 rings (SSSR count). The van der Waals surface area contributed by atoms with Gasteiger partial charge in [0.1, 0.15) is 11.3 Å². The summed E-state index contributed by atoms with van der Waals surface area (Å²) < 4.78 is 6.56. The molecule has 0 aliphatic carbocycles. The minimum absolute atomic E-state index is 0.0342. The molecule has 2 heterocycles. The summed E-state index contributed by atoms with van der Waals surface area (Å²) in [4.78, 5) is 15.3. The first kappa shape index (κ1) is 17.0. The minimum atomic E-state index is -0.172. The quantitative estimate of drug-likeness (QED) is 0.704. The predicted octanol–water partition coefficient (Wildman–Crippen LogP) is 4.46. The molecule has 0 radical (unpaired) electrons. The number of fused-ring (bicyclic) bond motifs is 1. The summed E-state index contributed by atoms with van der Waals surface area (Å²) in [6.45, 7) is 2.94. The second-order valence-electron chi connectivity index (χ2n) is 5.85. The molecule has 0 saturated heterocycles. The van der Waals surface area contributed by atoms with E-state index in [9.17, 15) is 4.79 Å². The maximum atomic E-state index is 12.2. The number of carbonyl (C=O) groups is 1. The van der Waals surface area contributed by atoms with Crippen molar-refractivity contribution in [1.82, 2.24) is 10.2 Å². The molecule has 0 spiro atoms. The Hall–Kier alpha value is -1.82. The highest BCUT2D eigenvalue weighted by Crippen LogP contribution is 2.24. The number of rotatable bonds is 6. The average Bonchev–Trinajstić information content (AvgIpc) is 3.12. The van der Waals surface area contributed by atoms with Crippen LogP contribution >= 0.6 is 22.9 Å². The summed E-state index contributed by atoms with van der Waals surface area (Å²) in [5, 5.41) is 4.02. The highest BCUT2D eigenvalue weighted by Gasteiger charge is 2.15. The SMILES string of the molecule is CC(NC(=O)CN(C)Cc1ccc(Cl)s1)c1cc2ccccc2o1. The van der Waals surface area contributed by atoms with Crippen molar-refractivity contribution in [2.45, 2.75) is 19.5 Å². The van der Waals surface area contributed by atoms with Gasteiger partial charge in [0.2, 0.25) is 5.91 Å². The van der Waals surface area contributed by atoms with Gasteiger partial charge in [-0.25, -0.2) is 0 Å². The van der Waals surface area contributed by atoms with Gasteiger partial charge in [-0.15, -0.1) is 11.3 Å². The van der Waals surface area contributed by atoms with Crippen LogP contribution in [-0.2, 0) is 11.3 Å². The number of furan rings is 1. The third kappa shape index (κ3) is 4.17. The molecule has 0 aliphatic rings. The fourth-order valence-electron chi connectivity index (χ4n) is 2.58. The maximum absolute atomic E-state index is 12.2.